The summed E-state index contributed by atoms with van der Waals surface area (Å²) < 4.78 is 34.1. The monoisotopic (exact) mass is 427 g/mol. The third-order valence-electron chi connectivity index (χ3n) is 4.43. The number of carbonyl (C=O) groups is 1. The van der Waals surface area contributed by atoms with Crippen molar-refractivity contribution in [1.29, 1.82) is 0 Å². The van der Waals surface area contributed by atoms with Crippen LogP contribution < -0.4 is 14.8 Å². The van der Waals surface area contributed by atoms with E-state index in [-0.39, 0.29) is 16.7 Å². The molecular formula is C21H21N3O5S. The molecule has 9 heteroatoms. The van der Waals surface area contributed by atoms with Gasteiger partial charge in [0.1, 0.15) is 11.5 Å². The molecule has 3 aromatic rings. The maximum atomic E-state index is 12.6. The van der Waals surface area contributed by atoms with Gasteiger partial charge in [-0.2, -0.15) is 0 Å². The molecule has 0 unspecified atom stereocenters. The molecule has 30 heavy (non-hydrogen) atoms. The zero-order chi connectivity index (χ0) is 21.7. The average molecular weight is 427 g/mol. The summed E-state index contributed by atoms with van der Waals surface area (Å²) in [7, 11) is -0.370. The van der Waals surface area contributed by atoms with Gasteiger partial charge in [-0.1, -0.05) is 19.1 Å². The number of amides is 1. The fourth-order valence-electron chi connectivity index (χ4n) is 2.70. The van der Waals surface area contributed by atoms with Gasteiger partial charge in [-0.25, -0.2) is 8.42 Å². The molecule has 0 aliphatic heterocycles. The molecule has 0 saturated heterocycles. The lowest BCUT2D eigenvalue weighted by Gasteiger charge is -2.11. The van der Waals surface area contributed by atoms with Gasteiger partial charge in [0.25, 0.3) is 5.91 Å². The summed E-state index contributed by atoms with van der Waals surface area (Å²) in [4.78, 5) is 12.6. The predicted octanol–water partition coefficient (Wildman–Crippen LogP) is 3.21. The van der Waals surface area contributed by atoms with Crippen molar-refractivity contribution < 1.29 is 22.7 Å². The van der Waals surface area contributed by atoms with E-state index in [0.29, 0.717) is 28.4 Å². The van der Waals surface area contributed by atoms with Crippen molar-refractivity contribution in [2.24, 2.45) is 0 Å². The lowest BCUT2D eigenvalue weighted by molar-refractivity contribution is 0.102. The first-order chi connectivity index (χ1) is 14.4. The van der Waals surface area contributed by atoms with Gasteiger partial charge in [-0.15, -0.1) is 10.2 Å². The molecule has 0 aliphatic carbocycles. The number of rotatable bonds is 7. The molecule has 0 saturated carbocycles. The number of nitrogens with one attached hydrogen (secondary N) is 1. The van der Waals surface area contributed by atoms with Gasteiger partial charge in [-0.05, 0) is 36.4 Å². The van der Waals surface area contributed by atoms with Crippen LogP contribution in [0, 0.1) is 0 Å². The van der Waals surface area contributed by atoms with Crippen LogP contribution in [0.3, 0.4) is 0 Å². The highest BCUT2D eigenvalue weighted by atomic mass is 32.2. The molecule has 0 aliphatic rings. The molecule has 0 atom stereocenters. The van der Waals surface area contributed by atoms with Gasteiger partial charge in [0.15, 0.2) is 14.9 Å². The molecule has 8 nitrogen and oxygen atoms in total. The second-order valence-corrected chi connectivity index (χ2v) is 8.48. The Labute approximate surface area is 174 Å². The highest BCUT2D eigenvalue weighted by molar-refractivity contribution is 7.91. The zero-order valence-corrected chi connectivity index (χ0v) is 17.6. The van der Waals surface area contributed by atoms with Crippen LogP contribution >= 0.6 is 0 Å². The summed E-state index contributed by atoms with van der Waals surface area (Å²) in [5, 5.41) is 10.6. The molecule has 2 aromatic carbocycles. The minimum absolute atomic E-state index is 0.0333. The van der Waals surface area contributed by atoms with E-state index >= 15 is 0 Å². The molecule has 156 valence electrons. The third kappa shape index (κ3) is 4.57. The van der Waals surface area contributed by atoms with Gasteiger partial charge in [0.05, 0.1) is 31.2 Å². The zero-order valence-electron chi connectivity index (χ0n) is 16.7. The number of sulfone groups is 1. The van der Waals surface area contributed by atoms with Crippen LogP contribution in [0.1, 0.15) is 17.3 Å². The number of nitrogens with zero attached hydrogens (tertiary/aromatic N) is 2. The minimum atomic E-state index is -3.39. The van der Waals surface area contributed by atoms with E-state index in [1.165, 1.54) is 20.3 Å². The van der Waals surface area contributed by atoms with Crippen molar-refractivity contribution in [1.82, 2.24) is 10.2 Å². The smallest absolute Gasteiger partial charge is 0.259 e. The number of methoxy groups -OCH3 is 2. The summed E-state index contributed by atoms with van der Waals surface area (Å²) >= 11 is 0. The lowest BCUT2D eigenvalue weighted by atomic mass is 10.1. The van der Waals surface area contributed by atoms with E-state index in [1.54, 1.807) is 55.5 Å². The van der Waals surface area contributed by atoms with Crippen molar-refractivity contribution in [2.75, 3.05) is 25.3 Å². The summed E-state index contributed by atoms with van der Waals surface area (Å²) in [6.07, 6.45) is 0. The summed E-state index contributed by atoms with van der Waals surface area (Å²) in [6.45, 7) is 1.56. The Kier molecular flexibility index (Phi) is 6.31. The largest absolute Gasteiger partial charge is 0.497 e. The van der Waals surface area contributed by atoms with Gasteiger partial charge >= 0.3 is 0 Å². The van der Waals surface area contributed by atoms with Crippen LogP contribution in [-0.4, -0.2) is 44.5 Å². The maximum Gasteiger partial charge on any atom is 0.259 e. The Morgan fingerprint density at radius 3 is 2.27 bits per heavy atom. The van der Waals surface area contributed by atoms with Crippen molar-refractivity contribution >= 4 is 21.4 Å². The fraction of sp³-hybridized carbons (Fsp3) is 0.190. The minimum Gasteiger partial charge on any atom is -0.497 e. The van der Waals surface area contributed by atoms with Gasteiger partial charge in [-0.3, -0.25) is 4.79 Å². The van der Waals surface area contributed by atoms with Gasteiger partial charge in [0.2, 0.25) is 0 Å². The molecule has 1 heterocycles. The third-order valence-corrected chi connectivity index (χ3v) is 6.05. The van der Waals surface area contributed by atoms with Crippen LogP contribution in [0.4, 0.5) is 5.69 Å². The van der Waals surface area contributed by atoms with E-state index in [2.05, 4.69) is 15.5 Å². The highest BCUT2D eigenvalue weighted by Gasteiger charge is 2.15. The SMILES string of the molecule is CCS(=O)(=O)c1ccc(-c2ccc(NC(=O)c3ccc(OC)cc3OC)cc2)nn1. The van der Waals surface area contributed by atoms with Crippen LogP contribution in [0.25, 0.3) is 11.3 Å². The average Bonchev–Trinajstić information content (AvgIpc) is 2.79. The first-order valence-electron chi connectivity index (χ1n) is 9.08. The van der Waals surface area contributed by atoms with Crippen LogP contribution in [-0.2, 0) is 9.84 Å². The second-order valence-electron chi connectivity index (χ2n) is 6.26. The van der Waals surface area contributed by atoms with E-state index in [1.807, 2.05) is 0 Å². The Bertz CT molecular complexity index is 1140. The molecule has 0 radical (unpaired) electrons. The molecule has 0 spiro atoms. The topological polar surface area (TPSA) is 107 Å². The second kappa shape index (κ2) is 8.91. The van der Waals surface area contributed by atoms with Crippen molar-refractivity contribution in [2.45, 2.75) is 11.9 Å². The van der Waals surface area contributed by atoms with Crippen LogP contribution in [0.2, 0.25) is 0 Å². The first-order valence-corrected chi connectivity index (χ1v) is 10.7. The molecule has 1 amide bonds. The summed E-state index contributed by atoms with van der Waals surface area (Å²) in [6, 6.07) is 15.0. The Hall–Kier alpha value is -3.46. The first kappa shape index (κ1) is 21.3. The standard InChI is InChI=1S/C21H21N3O5S/c1-4-30(26,27)20-12-11-18(23-24-20)14-5-7-15(8-6-14)22-21(25)17-10-9-16(28-2)13-19(17)29-3/h5-13H,4H2,1-3H3,(H,22,25). The predicted molar refractivity (Wildman–Crippen MR) is 113 cm³/mol. The molecule has 0 bridgehead atoms. The van der Waals surface area contributed by atoms with E-state index in [0.717, 1.165) is 5.56 Å². The molecule has 0 fully saturated rings. The fourth-order valence-corrected chi connectivity index (χ4v) is 3.43. The number of anilines is 1. The number of carbonyl (C=O) groups excluding carboxylic acids is 1. The number of ether oxygens (including phenoxy) is 2. The van der Waals surface area contributed by atoms with Gasteiger partial charge in [0, 0.05) is 17.3 Å². The van der Waals surface area contributed by atoms with Crippen molar-refractivity contribution in [3.05, 3.63) is 60.2 Å². The summed E-state index contributed by atoms with van der Waals surface area (Å²) in [5.41, 5.74) is 2.23. The van der Waals surface area contributed by atoms with E-state index < -0.39 is 9.84 Å². The van der Waals surface area contributed by atoms with E-state index in [9.17, 15) is 13.2 Å². The number of hydrogen-bond acceptors (Lipinski definition) is 7. The molecular weight excluding hydrogens is 406 g/mol. The number of benzene rings is 2. The van der Waals surface area contributed by atoms with Crippen molar-refractivity contribution in [3.8, 4) is 22.8 Å². The quantitative estimate of drug-likeness (QED) is 0.617. The normalized spacial score (nSPS) is 11.0. The van der Waals surface area contributed by atoms with Crippen LogP contribution in [0.5, 0.6) is 11.5 Å². The summed E-state index contributed by atoms with van der Waals surface area (Å²) in [5.74, 6) is 0.637. The molecule has 1 aromatic heterocycles. The Morgan fingerprint density at radius 1 is 0.967 bits per heavy atom. The highest BCUT2D eigenvalue weighted by Crippen LogP contribution is 2.26. The number of hydrogen-bond donors (Lipinski definition) is 1. The Morgan fingerprint density at radius 2 is 1.70 bits per heavy atom. The maximum absolute atomic E-state index is 12.6. The number of aromatic nitrogens is 2. The van der Waals surface area contributed by atoms with Crippen LogP contribution in [0.15, 0.2) is 59.6 Å². The molecule has 1 N–H and O–H groups in total. The van der Waals surface area contributed by atoms with Gasteiger partial charge < -0.3 is 14.8 Å². The lowest BCUT2D eigenvalue weighted by Crippen LogP contribution is -2.13. The Balaban J connectivity index is 1.76. The van der Waals surface area contributed by atoms with E-state index in [4.69, 9.17) is 9.47 Å². The van der Waals surface area contributed by atoms with Crippen molar-refractivity contribution in [3.63, 3.8) is 0 Å². The molecule has 3 rings (SSSR count).